The highest BCUT2D eigenvalue weighted by Gasteiger charge is 2.19. The molecule has 90 valence electrons. The summed E-state index contributed by atoms with van der Waals surface area (Å²) < 4.78 is 0. The van der Waals surface area contributed by atoms with Crippen molar-refractivity contribution in [2.45, 2.75) is 0 Å². The van der Waals surface area contributed by atoms with Crippen LogP contribution in [0.4, 0.5) is 5.69 Å². The van der Waals surface area contributed by atoms with E-state index in [1.54, 1.807) is 30.3 Å². The van der Waals surface area contributed by atoms with Gasteiger partial charge in [-0.05, 0) is 23.7 Å². The molecule has 5 heteroatoms. The first-order valence-electron chi connectivity index (χ1n) is 5.50. The Labute approximate surface area is 105 Å². The Morgan fingerprint density at radius 3 is 2.22 bits per heavy atom. The van der Waals surface area contributed by atoms with E-state index in [0.717, 1.165) is 0 Å². The molecule has 0 aromatic heterocycles. The molecule has 0 aliphatic heterocycles. The molecule has 0 atom stereocenters. The van der Waals surface area contributed by atoms with Gasteiger partial charge in [-0.25, -0.2) is 0 Å². The average molecular weight is 241 g/mol. The average Bonchev–Trinajstić information content (AvgIpc) is 2.40. The van der Waals surface area contributed by atoms with Crippen LogP contribution in [-0.2, 0) is 0 Å². The lowest BCUT2D eigenvalue weighted by Crippen LogP contribution is -2.36. The molecular formula is C13H12BNO3. The van der Waals surface area contributed by atoms with Crippen LogP contribution in [-0.4, -0.2) is 23.1 Å². The number of carbonyl (C=O) groups excluding carboxylic acids is 1. The molecule has 0 fully saturated rings. The number of anilines is 1. The number of amides is 1. The van der Waals surface area contributed by atoms with E-state index in [0.29, 0.717) is 5.69 Å². The SMILES string of the molecule is O=C(Nc1ccccc1)c1ccccc1B(O)O. The van der Waals surface area contributed by atoms with Crippen LogP contribution < -0.4 is 10.8 Å². The van der Waals surface area contributed by atoms with Crippen molar-refractivity contribution in [3.8, 4) is 0 Å². The maximum Gasteiger partial charge on any atom is 0.489 e. The van der Waals surface area contributed by atoms with Crippen LogP contribution in [0.25, 0.3) is 0 Å². The maximum atomic E-state index is 12.0. The van der Waals surface area contributed by atoms with Crippen molar-refractivity contribution in [1.82, 2.24) is 0 Å². The van der Waals surface area contributed by atoms with Gasteiger partial charge in [0.05, 0.1) is 0 Å². The van der Waals surface area contributed by atoms with Crippen molar-refractivity contribution in [3.63, 3.8) is 0 Å². The van der Waals surface area contributed by atoms with Crippen LogP contribution in [0.5, 0.6) is 0 Å². The molecule has 3 N–H and O–H groups in total. The third-order valence-electron chi connectivity index (χ3n) is 2.52. The molecule has 4 nitrogen and oxygen atoms in total. The van der Waals surface area contributed by atoms with E-state index in [-0.39, 0.29) is 16.9 Å². The summed E-state index contributed by atoms with van der Waals surface area (Å²) >= 11 is 0. The Morgan fingerprint density at radius 2 is 1.56 bits per heavy atom. The van der Waals surface area contributed by atoms with Crippen molar-refractivity contribution in [3.05, 3.63) is 60.2 Å². The Balaban J connectivity index is 2.24. The van der Waals surface area contributed by atoms with Gasteiger partial charge < -0.3 is 15.4 Å². The molecule has 0 heterocycles. The lowest BCUT2D eigenvalue weighted by Gasteiger charge is -2.09. The molecule has 2 aromatic carbocycles. The number of hydrogen-bond donors (Lipinski definition) is 3. The fourth-order valence-corrected chi connectivity index (χ4v) is 1.65. The summed E-state index contributed by atoms with van der Waals surface area (Å²) in [7, 11) is -1.66. The molecule has 0 radical (unpaired) electrons. The zero-order chi connectivity index (χ0) is 13.0. The molecule has 1 amide bonds. The van der Waals surface area contributed by atoms with E-state index >= 15 is 0 Å². The van der Waals surface area contributed by atoms with E-state index in [4.69, 9.17) is 0 Å². The minimum Gasteiger partial charge on any atom is -0.423 e. The predicted octanol–water partition coefficient (Wildman–Crippen LogP) is 0.619. The molecule has 0 saturated carbocycles. The lowest BCUT2D eigenvalue weighted by molar-refractivity contribution is 0.102. The zero-order valence-electron chi connectivity index (χ0n) is 9.58. The summed E-state index contributed by atoms with van der Waals surface area (Å²) in [6, 6.07) is 15.4. The molecule has 0 aliphatic carbocycles. The van der Waals surface area contributed by atoms with Gasteiger partial charge in [0, 0.05) is 11.3 Å². The number of hydrogen-bond acceptors (Lipinski definition) is 3. The highest BCUT2D eigenvalue weighted by atomic mass is 16.4. The number of rotatable bonds is 3. The lowest BCUT2D eigenvalue weighted by atomic mass is 9.77. The van der Waals surface area contributed by atoms with Gasteiger partial charge in [0.1, 0.15) is 0 Å². The summed E-state index contributed by atoms with van der Waals surface area (Å²) in [5.74, 6) is -0.370. The van der Waals surface area contributed by atoms with Gasteiger partial charge in [0.2, 0.25) is 0 Å². The van der Waals surface area contributed by atoms with Crippen LogP contribution in [0.3, 0.4) is 0 Å². The van der Waals surface area contributed by atoms with Gasteiger partial charge in [-0.1, -0.05) is 36.4 Å². The van der Waals surface area contributed by atoms with Crippen LogP contribution in [0, 0.1) is 0 Å². The summed E-state index contributed by atoms with van der Waals surface area (Å²) in [5.41, 5.74) is 1.09. The van der Waals surface area contributed by atoms with Crippen molar-refractivity contribution in [2.24, 2.45) is 0 Å². The highest BCUT2D eigenvalue weighted by molar-refractivity contribution is 6.60. The maximum absolute atomic E-state index is 12.0. The van der Waals surface area contributed by atoms with Gasteiger partial charge in [-0.2, -0.15) is 0 Å². The van der Waals surface area contributed by atoms with E-state index in [1.807, 2.05) is 18.2 Å². The Morgan fingerprint density at radius 1 is 0.944 bits per heavy atom. The highest BCUT2D eigenvalue weighted by Crippen LogP contribution is 2.07. The Kier molecular flexibility index (Phi) is 3.77. The normalized spacial score (nSPS) is 9.89. The molecule has 0 unspecified atom stereocenters. The van der Waals surface area contributed by atoms with Gasteiger partial charge in [-0.15, -0.1) is 0 Å². The summed E-state index contributed by atoms with van der Waals surface area (Å²) in [6.07, 6.45) is 0. The first-order chi connectivity index (χ1) is 8.68. The summed E-state index contributed by atoms with van der Waals surface area (Å²) in [6.45, 7) is 0. The predicted molar refractivity (Wildman–Crippen MR) is 70.7 cm³/mol. The van der Waals surface area contributed by atoms with E-state index < -0.39 is 7.12 Å². The molecule has 2 aromatic rings. The topological polar surface area (TPSA) is 69.6 Å². The van der Waals surface area contributed by atoms with Gasteiger partial charge >= 0.3 is 7.12 Å². The summed E-state index contributed by atoms with van der Waals surface area (Å²) in [5, 5.41) is 21.1. The van der Waals surface area contributed by atoms with Crippen LogP contribution in [0.2, 0.25) is 0 Å². The number of nitrogens with one attached hydrogen (secondary N) is 1. The molecular weight excluding hydrogens is 229 g/mol. The minimum atomic E-state index is -1.66. The van der Waals surface area contributed by atoms with Gasteiger partial charge in [0.15, 0.2) is 0 Å². The van der Waals surface area contributed by atoms with E-state index in [1.165, 1.54) is 6.07 Å². The standard InChI is InChI=1S/C13H12BNO3/c16-13(15-10-6-2-1-3-7-10)11-8-4-5-9-12(11)14(17)18/h1-9,17-18H,(H,15,16). The monoisotopic (exact) mass is 241 g/mol. The molecule has 0 bridgehead atoms. The third-order valence-corrected chi connectivity index (χ3v) is 2.52. The number of para-hydroxylation sites is 1. The van der Waals surface area contributed by atoms with Crippen molar-refractivity contribution < 1.29 is 14.8 Å². The van der Waals surface area contributed by atoms with Gasteiger partial charge in [-0.3, -0.25) is 4.79 Å². The Bertz CT molecular complexity index is 543. The largest absolute Gasteiger partial charge is 0.489 e. The quantitative estimate of drug-likeness (QED) is 0.690. The fraction of sp³-hybridized carbons (Fsp3) is 0. The first kappa shape index (κ1) is 12.4. The van der Waals surface area contributed by atoms with Crippen LogP contribution in [0.15, 0.2) is 54.6 Å². The smallest absolute Gasteiger partial charge is 0.423 e. The fourth-order valence-electron chi connectivity index (χ4n) is 1.65. The molecule has 0 aliphatic rings. The van der Waals surface area contributed by atoms with E-state index in [9.17, 15) is 14.8 Å². The molecule has 18 heavy (non-hydrogen) atoms. The first-order valence-corrected chi connectivity index (χ1v) is 5.50. The third kappa shape index (κ3) is 2.77. The molecule has 0 spiro atoms. The van der Waals surface area contributed by atoms with Crippen molar-refractivity contribution in [2.75, 3.05) is 5.32 Å². The molecule has 0 saturated heterocycles. The van der Waals surface area contributed by atoms with Crippen LogP contribution >= 0.6 is 0 Å². The van der Waals surface area contributed by atoms with E-state index in [2.05, 4.69) is 5.32 Å². The molecule has 2 rings (SSSR count). The Hall–Kier alpha value is -2.11. The number of benzene rings is 2. The zero-order valence-corrected chi connectivity index (χ0v) is 9.58. The second-order valence-electron chi connectivity index (χ2n) is 3.78. The summed E-state index contributed by atoms with van der Waals surface area (Å²) in [4.78, 5) is 12.0. The van der Waals surface area contributed by atoms with Gasteiger partial charge in [0.25, 0.3) is 5.91 Å². The van der Waals surface area contributed by atoms with Crippen molar-refractivity contribution >= 4 is 24.2 Å². The second-order valence-corrected chi connectivity index (χ2v) is 3.78. The van der Waals surface area contributed by atoms with Crippen molar-refractivity contribution in [1.29, 1.82) is 0 Å². The minimum absolute atomic E-state index is 0.186. The second kappa shape index (κ2) is 5.49. The number of carbonyl (C=O) groups is 1. The van der Waals surface area contributed by atoms with Crippen LogP contribution in [0.1, 0.15) is 10.4 Å².